The van der Waals surface area contributed by atoms with E-state index in [1.165, 1.54) is 30.8 Å². The first-order valence-electron chi connectivity index (χ1n) is 5.49. The van der Waals surface area contributed by atoms with Gasteiger partial charge in [-0.3, -0.25) is 0 Å². The van der Waals surface area contributed by atoms with Gasteiger partial charge in [0.25, 0.3) is 0 Å². The minimum atomic E-state index is -0.759. The Bertz CT molecular complexity index is 206. The molecule has 2 fully saturated rings. The number of nitrogens with zero attached hydrogens (tertiary/aromatic N) is 2. The second kappa shape index (κ2) is 4.17. The summed E-state index contributed by atoms with van der Waals surface area (Å²) in [6, 6.07) is 0.646. The van der Waals surface area contributed by atoms with E-state index in [0.29, 0.717) is 6.04 Å². The third-order valence-corrected chi connectivity index (χ3v) is 3.39. The van der Waals surface area contributed by atoms with Gasteiger partial charge in [-0.15, -0.1) is 0 Å². The summed E-state index contributed by atoms with van der Waals surface area (Å²) >= 11 is 0. The number of carboxylic acid groups (broad SMARTS) is 1. The van der Waals surface area contributed by atoms with Crippen molar-refractivity contribution in [3.63, 3.8) is 0 Å². The summed E-state index contributed by atoms with van der Waals surface area (Å²) in [6.07, 6.45) is 3.92. The molecule has 0 spiro atoms. The minimum absolute atomic E-state index is 0.646. The number of hydrogen-bond acceptors (Lipinski definition) is 2. The fraction of sp³-hybridized carbons (Fsp3) is 0.900. The molecular weight excluding hydrogens is 180 g/mol. The van der Waals surface area contributed by atoms with Crippen LogP contribution in [0.5, 0.6) is 0 Å². The van der Waals surface area contributed by atoms with Crippen LogP contribution < -0.4 is 0 Å². The Kier molecular flexibility index (Phi) is 2.91. The van der Waals surface area contributed by atoms with Crippen molar-refractivity contribution in [3.05, 3.63) is 0 Å². The molecule has 0 aromatic carbocycles. The van der Waals surface area contributed by atoms with Crippen LogP contribution in [-0.4, -0.2) is 53.2 Å². The molecule has 2 rings (SSSR count). The monoisotopic (exact) mass is 198 g/mol. The van der Waals surface area contributed by atoms with E-state index in [0.717, 1.165) is 25.9 Å². The molecule has 0 atom stereocenters. The summed E-state index contributed by atoms with van der Waals surface area (Å²) in [7, 11) is 0. The summed E-state index contributed by atoms with van der Waals surface area (Å²) < 4.78 is 0. The van der Waals surface area contributed by atoms with Gasteiger partial charge in [-0.05, 0) is 38.8 Å². The fourth-order valence-electron chi connectivity index (χ4n) is 2.53. The number of likely N-dealkylation sites (tertiary alicyclic amines) is 2. The summed E-state index contributed by atoms with van der Waals surface area (Å²) in [5.74, 6) is 0. The van der Waals surface area contributed by atoms with Gasteiger partial charge in [0.1, 0.15) is 0 Å². The second-order valence-electron chi connectivity index (χ2n) is 4.24. The van der Waals surface area contributed by atoms with Crippen molar-refractivity contribution < 1.29 is 9.90 Å². The van der Waals surface area contributed by atoms with E-state index in [1.807, 2.05) is 0 Å². The van der Waals surface area contributed by atoms with E-state index in [-0.39, 0.29) is 0 Å². The average Bonchev–Trinajstić information content (AvgIpc) is 2.71. The molecule has 1 N–H and O–H groups in total. The van der Waals surface area contributed by atoms with Crippen molar-refractivity contribution >= 4 is 6.09 Å². The smallest absolute Gasteiger partial charge is 0.407 e. The molecule has 2 aliphatic rings. The van der Waals surface area contributed by atoms with Crippen LogP contribution in [0.4, 0.5) is 4.79 Å². The standard InChI is InChI=1S/C10H18N2O2/c13-10(14)12-7-3-9(4-8-12)11-5-1-2-6-11/h9H,1-8H2,(H,13,14). The van der Waals surface area contributed by atoms with Gasteiger partial charge < -0.3 is 14.9 Å². The molecule has 0 radical (unpaired) electrons. The Balaban J connectivity index is 1.80. The van der Waals surface area contributed by atoms with Gasteiger partial charge in [0.2, 0.25) is 0 Å². The molecule has 4 heteroatoms. The Morgan fingerprint density at radius 1 is 1.07 bits per heavy atom. The molecule has 80 valence electrons. The molecule has 0 aromatic heterocycles. The fourth-order valence-corrected chi connectivity index (χ4v) is 2.53. The van der Waals surface area contributed by atoms with Crippen LogP contribution in [-0.2, 0) is 0 Å². The lowest BCUT2D eigenvalue weighted by Crippen LogP contribution is -2.45. The molecule has 0 saturated carbocycles. The van der Waals surface area contributed by atoms with Crippen LogP contribution in [0.2, 0.25) is 0 Å². The van der Waals surface area contributed by atoms with Gasteiger partial charge in [-0.25, -0.2) is 4.79 Å². The number of amides is 1. The van der Waals surface area contributed by atoms with Crippen molar-refractivity contribution in [2.75, 3.05) is 26.2 Å². The SMILES string of the molecule is O=C(O)N1CCC(N2CCCC2)CC1. The van der Waals surface area contributed by atoms with E-state index in [9.17, 15) is 4.79 Å². The van der Waals surface area contributed by atoms with Gasteiger partial charge >= 0.3 is 6.09 Å². The lowest BCUT2D eigenvalue weighted by atomic mass is 10.0. The predicted octanol–water partition coefficient (Wildman–Crippen LogP) is 1.22. The maximum atomic E-state index is 10.7. The van der Waals surface area contributed by atoms with Gasteiger partial charge in [0.15, 0.2) is 0 Å². The molecule has 2 heterocycles. The number of rotatable bonds is 1. The Labute approximate surface area is 84.5 Å². The third-order valence-electron chi connectivity index (χ3n) is 3.39. The Morgan fingerprint density at radius 3 is 2.14 bits per heavy atom. The van der Waals surface area contributed by atoms with E-state index in [1.54, 1.807) is 0 Å². The van der Waals surface area contributed by atoms with Crippen molar-refractivity contribution in [1.29, 1.82) is 0 Å². The van der Waals surface area contributed by atoms with E-state index < -0.39 is 6.09 Å². The molecule has 0 aliphatic carbocycles. The molecule has 0 unspecified atom stereocenters. The summed E-state index contributed by atoms with van der Waals surface area (Å²) in [6.45, 7) is 3.88. The number of piperidine rings is 1. The van der Waals surface area contributed by atoms with Crippen LogP contribution >= 0.6 is 0 Å². The third kappa shape index (κ3) is 2.00. The highest BCUT2D eigenvalue weighted by Gasteiger charge is 2.27. The van der Waals surface area contributed by atoms with Crippen LogP contribution in [0.15, 0.2) is 0 Å². The molecule has 0 aromatic rings. The average molecular weight is 198 g/mol. The first-order valence-corrected chi connectivity index (χ1v) is 5.49. The minimum Gasteiger partial charge on any atom is -0.465 e. The first-order chi connectivity index (χ1) is 6.77. The highest BCUT2D eigenvalue weighted by Crippen LogP contribution is 2.20. The summed E-state index contributed by atoms with van der Waals surface area (Å²) in [4.78, 5) is 14.8. The highest BCUT2D eigenvalue weighted by molar-refractivity contribution is 5.65. The lowest BCUT2D eigenvalue weighted by Gasteiger charge is -2.35. The topological polar surface area (TPSA) is 43.8 Å². The largest absolute Gasteiger partial charge is 0.465 e. The van der Waals surface area contributed by atoms with E-state index in [4.69, 9.17) is 5.11 Å². The van der Waals surface area contributed by atoms with Crippen LogP contribution in [0.3, 0.4) is 0 Å². The molecule has 4 nitrogen and oxygen atoms in total. The Hall–Kier alpha value is -0.770. The zero-order valence-corrected chi connectivity index (χ0v) is 8.48. The maximum absolute atomic E-state index is 10.7. The first kappa shape index (κ1) is 9.77. The van der Waals surface area contributed by atoms with Crippen molar-refractivity contribution in [2.45, 2.75) is 31.7 Å². The van der Waals surface area contributed by atoms with Gasteiger partial charge in [0, 0.05) is 19.1 Å². The van der Waals surface area contributed by atoms with Gasteiger partial charge in [0.05, 0.1) is 0 Å². The molecule has 14 heavy (non-hydrogen) atoms. The van der Waals surface area contributed by atoms with Gasteiger partial charge in [-0.2, -0.15) is 0 Å². The second-order valence-corrected chi connectivity index (χ2v) is 4.24. The quantitative estimate of drug-likeness (QED) is 0.689. The van der Waals surface area contributed by atoms with E-state index in [2.05, 4.69) is 4.90 Å². The maximum Gasteiger partial charge on any atom is 0.407 e. The summed E-state index contributed by atoms with van der Waals surface area (Å²) in [5, 5.41) is 8.80. The normalized spacial score (nSPS) is 25.6. The molecule has 0 bridgehead atoms. The molecule has 2 saturated heterocycles. The number of hydrogen-bond donors (Lipinski definition) is 1. The highest BCUT2D eigenvalue weighted by atomic mass is 16.4. The molecule has 1 amide bonds. The number of carbonyl (C=O) groups is 1. The van der Waals surface area contributed by atoms with Crippen molar-refractivity contribution in [3.8, 4) is 0 Å². The zero-order chi connectivity index (χ0) is 9.97. The van der Waals surface area contributed by atoms with Crippen LogP contribution in [0.1, 0.15) is 25.7 Å². The van der Waals surface area contributed by atoms with Crippen molar-refractivity contribution in [1.82, 2.24) is 9.80 Å². The van der Waals surface area contributed by atoms with Gasteiger partial charge in [-0.1, -0.05) is 0 Å². The Morgan fingerprint density at radius 2 is 1.64 bits per heavy atom. The van der Waals surface area contributed by atoms with E-state index >= 15 is 0 Å². The zero-order valence-electron chi connectivity index (χ0n) is 8.48. The van der Waals surface area contributed by atoms with Crippen LogP contribution in [0, 0.1) is 0 Å². The molecule has 2 aliphatic heterocycles. The van der Waals surface area contributed by atoms with Crippen molar-refractivity contribution in [2.24, 2.45) is 0 Å². The molecular formula is C10H18N2O2. The summed E-state index contributed by atoms with van der Waals surface area (Å²) in [5.41, 5.74) is 0. The lowest BCUT2D eigenvalue weighted by molar-refractivity contribution is 0.105. The van der Waals surface area contributed by atoms with Crippen LogP contribution in [0.25, 0.3) is 0 Å². The predicted molar refractivity (Wildman–Crippen MR) is 53.4 cm³/mol.